The summed E-state index contributed by atoms with van der Waals surface area (Å²) in [5.41, 5.74) is 2.49. The molecule has 5 nitrogen and oxygen atoms in total. The number of hydrogen-bond donors (Lipinski definition) is 0. The molecule has 2 aromatic carbocycles. The predicted molar refractivity (Wildman–Crippen MR) is 110 cm³/mol. The Morgan fingerprint density at radius 2 is 1.52 bits per heavy atom. The lowest BCUT2D eigenvalue weighted by atomic mass is 9.94. The average Bonchev–Trinajstić information content (AvgIpc) is 2.72. The summed E-state index contributed by atoms with van der Waals surface area (Å²) in [4.78, 5) is 33.2. The van der Waals surface area contributed by atoms with E-state index in [2.05, 4.69) is 28.6 Å². The number of anilines is 2. The van der Waals surface area contributed by atoms with Gasteiger partial charge in [-0.25, -0.2) is 4.98 Å². The van der Waals surface area contributed by atoms with Crippen LogP contribution in [0.15, 0.2) is 58.3 Å². The van der Waals surface area contributed by atoms with Gasteiger partial charge in [0.05, 0.1) is 5.56 Å². The van der Waals surface area contributed by atoms with Gasteiger partial charge in [-0.15, -0.1) is 0 Å². The van der Waals surface area contributed by atoms with Crippen LogP contribution in [0.4, 0.5) is 11.5 Å². The number of nitrogens with zero attached hydrogens (tertiary/aromatic N) is 3. The van der Waals surface area contributed by atoms with Crippen molar-refractivity contribution in [1.29, 1.82) is 0 Å². The molecule has 0 atom stereocenters. The zero-order valence-corrected chi connectivity index (χ0v) is 15.7. The van der Waals surface area contributed by atoms with Crippen LogP contribution in [0.25, 0.3) is 11.1 Å². The van der Waals surface area contributed by atoms with Crippen molar-refractivity contribution in [2.75, 3.05) is 36.0 Å². The van der Waals surface area contributed by atoms with Crippen LogP contribution in [-0.4, -0.2) is 31.2 Å². The molecule has 1 fully saturated rings. The summed E-state index contributed by atoms with van der Waals surface area (Å²) in [5.74, 6) is 1.39. The molecule has 5 heteroatoms. The minimum Gasteiger partial charge on any atom is -0.364 e. The first-order valence-corrected chi connectivity index (χ1v) is 9.41. The molecule has 0 amide bonds. The Labute approximate surface area is 158 Å². The van der Waals surface area contributed by atoms with Gasteiger partial charge in [0.15, 0.2) is 0 Å². The van der Waals surface area contributed by atoms with Crippen LogP contribution in [0.1, 0.15) is 25.3 Å². The molecule has 3 aromatic rings. The van der Waals surface area contributed by atoms with Crippen LogP contribution in [0.5, 0.6) is 0 Å². The second-order valence-electron chi connectivity index (χ2n) is 7.32. The van der Waals surface area contributed by atoms with Gasteiger partial charge in [-0.05, 0) is 29.2 Å². The average molecular weight is 361 g/mol. The Morgan fingerprint density at radius 1 is 0.852 bits per heavy atom. The maximum absolute atomic E-state index is 12.3. The molecule has 1 aliphatic rings. The summed E-state index contributed by atoms with van der Waals surface area (Å²) in [6, 6.07) is 13.9. The maximum atomic E-state index is 12.3. The van der Waals surface area contributed by atoms with Gasteiger partial charge in [0.1, 0.15) is 11.5 Å². The molecule has 27 heavy (non-hydrogen) atoms. The summed E-state index contributed by atoms with van der Waals surface area (Å²) in [5, 5.41) is 0. The van der Waals surface area contributed by atoms with E-state index in [-0.39, 0.29) is 10.9 Å². The fourth-order valence-electron chi connectivity index (χ4n) is 3.68. The molecule has 1 aliphatic heterocycles. The quantitative estimate of drug-likeness (QED) is 0.669. The maximum Gasteiger partial charge on any atom is 0.250 e. The second kappa shape index (κ2) is 6.99. The fraction of sp³-hybridized carbons (Fsp3) is 0.318. The smallest absolute Gasteiger partial charge is 0.250 e. The van der Waals surface area contributed by atoms with Gasteiger partial charge in [0, 0.05) is 32.4 Å². The topological polar surface area (TPSA) is 53.5 Å². The summed E-state index contributed by atoms with van der Waals surface area (Å²) in [6.45, 7) is 7.25. The Balaban J connectivity index is 1.55. The Morgan fingerprint density at radius 3 is 2.11 bits per heavy atom. The number of rotatable bonds is 4. The number of pyridine rings is 1. The van der Waals surface area contributed by atoms with Gasteiger partial charge in [-0.1, -0.05) is 44.2 Å². The molecule has 0 spiro atoms. The molecule has 138 valence electrons. The third-order valence-electron chi connectivity index (χ3n) is 5.32. The van der Waals surface area contributed by atoms with E-state index in [1.54, 1.807) is 6.20 Å². The van der Waals surface area contributed by atoms with Crippen molar-refractivity contribution in [3.8, 4) is 11.1 Å². The summed E-state index contributed by atoms with van der Waals surface area (Å²) in [6.07, 6.45) is 1.79. The Bertz CT molecular complexity index is 995. The highest BCUT2D eigenvalue weighted by Crippen LogP contribution is 2.29. The molecule has 0 bridgehead atoms. The highest BCUT2D eigenvalue weighted by atomic mass is 16.2. The third kappa shape index (κ3) is 3.14. The van der Waals surface area contributed by atoms with E-state index in [0.717, 1.165) is 24.5 Å². The highest BCUT2D eigenvalue weighted by molar-refractivity contribution is 5.83. The zero-order valence-electron chi connectivity index (χ0n) is 15.7. The second-order valence-corrected chi connectivity index (χ2v) is 7.32. The summed E-state index contributed by atoms with van der Waals surface area (Å²) >= 11 is 0. The normalized spacial score (nSPS) is 14.9. The summed E-state index contributed by atoms with van der Waals surface area (Å²) < 4.78 is 0. The van der Waals surface area contributed by atoms with E-state index in [4.69, 9.17) is 0 Å². The van der Waals surface area contributed by atoms with Crippen molar-refractivity contribution in [2.45, 2.75) is 19.8 Å². The van der Waals surface area contributed by atoms with Crippen molar-refractivity contribution < 1.29 is 0 Å². The van der Waals surface area contributed by atoms with Gasteiger partial charge >= 0.3 is 0 Å². The van der Waals surface area contributed by atoms with Crippen LogP contribution in [0, 0.1) is 0 Å². The van der Waals surface area contributed by atoms with Crippen molar-refractivity contribution >= 4 is 11.5 Å². The van der Waals surface area contributed by atoms with Crippen LogP contribution in [-0.2, 0) is 0 Å². The first kappa shape index (κ1) is 17.5. The third-order valence-corrected chi connectivity index (χ3v) is 5.32. The van der Waals surface area contributed by atoms with Crippen molar-refractivity contribution in [2.24, 2.45) is 0 Å². The Kier molecular flexibility index (Phi) is 4.52. The molecule has 0 aliphatic carbocycles. The van der Waals surface area contributed by atoms with E-state index in [1.807, 2.05) is 42.5 Å². The van der Waals surface area contributed by atoms with Crippen LogP contribution >= 0.6 is 0 Å². The zero-order chi connectivity index (χ0) is 19.0. The van der Waals surface area contributed by atoms with Crippen LogP contribution in [0.2, 0.25) is 0 Å². The SMILES string of the molecule is CC(C)c1ccc(-c2c(N3CCN(c4ccccn4)CC3)c(=O)c2=O)cc1. The molecule has 2 heterocycles. The van der Waals surface area contributed by atoms with E-state index in [1.165, 1.54) is 5.56 Å². The monoisotopic (exact) mass is 361 g/mol. The van der Waals surface area contributed by atoms with Gasteiger partial charge < -0.3 is 9.80 Å². The summed E-state index contributed by atoms with van der Waals surface area (Å²) in [7, 11) is 0. The van der Waals surface area contributed by atoms with Crippen molar-refractivity contribution in [3.05, 3.63) is 74.7 Å². The minimum atomic E-state index is -0.366. The lowest BCUT2D eigenvalue weighted by Crippen LogP contribution is -2.51. The molecule has 0 N–H and O–H groups in total. The first-order chi connectivity index (χ1) is 13.1. The Hall–Kier alpha value is -2.95. The van der Waals surface area contributed by atoms with Gasteiger partial charge in [-0.2, -0.15) is 0 Å². The van der Waals surface area contributed by atoms with Gasteiger partial charge in [0.25, 0.3) is 0 Å². The predicted octanol–water partition coefficient (Wildman–Crippen LogP) is 2.79. The molecule has 0 radical (unpaired) electrons. The van der Waals surface area contributed by atoms with E-state index < -0.39 is 0 Å². The van der Waals surface area contributed by atoms with Crippen molar-refractivity contribution in [1.82, 2.24) is 4.98 Å². The molecular formula is C22H23N3O2. The van der Waals surface area contributed by atoms with E-state index in [9.17, 15) is 9.59 Å². The van der Waals surface area contributed by atoms with E-state index in [0.29, 0.717) is 30.3 Å². The number of hydrogen-bond acceptors (Lipinski definition) is 5. The molecular weight excluding hydrogens is 338 g/mol. The molecule has 1 saturated heterocycles. The molecule has 4 rings (SSSR count). The van der Waals surface area contributed by atoms with E-state index >= 15 is 0 Å². The van der Waals surface area contributed by atoms with Crippen LogP contribution in [0.3, 0.4) is 0 Å². The standard InChI is InChI=1S/C22H23N3O2/c1-15(2)16-6-8-17(9-7-16)19-20(22(27)21(19)26)25-13-11-24(12-14-25)18-5-3-4-10-23-18/h3-10,15H,11-14H2,1-2H3. The van der Waals surface area contributed by atoms with Crippen molar-refractivity contribution in [3.63, 3.8) is 0 Å². The lowest BCUT2D eigenvalue weighted by Gasteiger charge is -2.37. The van der Waals surface area contributed by atoms with Gasteiger partial charge in [0.2, 0.25) is 10.9 Å². The van der Waals surface area contributed by atoms with Gasteiger partial charge in [-0.3, -0.25) is 9.59 Å². The number of benzene rings is 1. The van der Waals surface area contributed by atoms with Crippen LogP contribution < -0.4 is 20.7 Å². The lowest BCUT2D eigenvalue weighted by molar-refractivity contribution is 0.645. The first-order valence-electron chi connectivity index (χ1n) is 9.41. The fourth-order valence-corrected chi connectivity index (χ4v) is 3.68. The largest absolute Gasteiger partial charge is 0.364 e. The molecule has 0 unspecified atom stereocenters. The number of aromatic nitrogens is 1. The molecule has 1 aromatic heterocycles. The number of piperazine rings is 1. The molecule has 0 saturated carbocycles. The minimum absolute atomic E-state index is 0.357. The highest BCUT2D eigenvalue weighted by Gasteiger charge is 2.29.